The molecule has 4 heteroatoms. The summed E-state index contributed by atoms with van der Waals surface area (Å²) >= 11 is 0. The number of benzene rings is 1. The number of nitrogens with one attached hydrogen (secondary N) is 1. The smallest absolute Gasteiger partial charge is 0.314 e. The number of piperazine rings is 1. The molecule has 0 radical (unpaired) electrons. The minimum Gasteiger partial charge on any atom is -0.465 e. The number of carbonyl (C=O) groups is 1. The lowest BCUT2D eigenvalue weighted by Crippen LogP contribution is -2.45. The van der Waals surface area contributed by atoms with Crippen LogP contribution in [0, 0.1) is 0 Å². The maximum atomic E-state index is 12.2. The molecule has 104 valence electrons. The third-order valence-corrected chi connectivity index (χ3v) is 3.42. The first kappa shape index (κ1) is 14.0. The summed E-state index contributed by atoms with van der Waals surface area (Å²) in [6.45, 7) is 6.99. The number of ether oxygens (including phenoxy) is 1. The van der Waals surface area contributed by atoms with E-state index < -0.39 is 0 Å². The molecule has 1 N–H and O–H groups in total. The van der Waals surface area contributed by atoms with E-state index >= 15 is 0 Å². The van der Waals surface area contributed by atoms with Crippen molar-refractivity contribution in [2.45, 2.75) is 12.8 Å². The highest BCUT2D eigenvalue weighted by Gasteiger charge is 2.25. The molecule has 1 atom stereocenters. The first-order chi connectivity index (χ1) is 9.31. The number of carbonyl (C=O) groups excluding carboxylic acids is 1. The maximum Gasteiger partial charge on any atom is 0.314 e. The quantitative estimate of drug-likeness (QED) is 0.811. The van der Waals surface area contributed by atoms with E-state index in [-0.39, 0.29) is 11.9 Å². The number of rotatable bonds is 5. The molecule has 4 nitrogen and oxygen atoms in total. The van der Waals surface area contributed by atoms with E-state index in [4.69, 9.17) is 4.74 Å². The molecular formula is C15H22N2O2. The standard InChI is InChI=1S/C15H22N2O2/c1-2-19-15(18)14(13-6-4-3-5-7-13)12-17-10-8-16-9-11-17/h3-7,14,16H,2,8-12H2,1H3. The predicted molar refractivity (Wildman–Crippen MR) is 75.1 cm³/mol. The van der Waals surface area contributed by atoms with Crippen molar-refractivity contribution in [3.8, 4) is 0 Å². The van der Waals surface area contributed by atoms with E-state index in [2.05, 4.69) is 10.2 Å². The second-order valence-electron chi connectivity index (χ2n) is 4.77. The van der Waals surface area contributed by atoms with Crippen LogP contribution in [-0.2, 0) is 9.53 Å². The number of hydrogen-bond donors (Lipinski definition) is 1. The average Bonchev–Trinajstić information content (AvgIpc) is 2.47. The molecular weight excluding hydrogens is 240 g/mol. The number of nitrogens with zero attached hydrogens (tertiary/aromatic N) is 1. The minimum atomic E-state index is -0.181. The van der Waals surface area contributed by atoms with E-state index in [1.807, 2.05) is 37.3 Å². The minimum absolute atomic E-state index is 0.118. The van der Waals surface area contributed by atoms with E-state index in [0.29, 0.717) is 6.61 Å². The lowest BCUT2D eigenvalue weighted by molar-refractivity contribution is -0.145. The van der Waals surface area contributed by atoms with E-state index in [9.17, 15) is 4.79 Å². The van der Waals surface area contributed by atoms with Gasteiger partial charge in [-0.25, -0.2) is 0 Å². The van der Waals surface area contributed by atoms with Gasteiger partial charge in [-0.2, -0.15) is 0 Å². The highest BCUT2D eigenvalue weighted by Crippen LogP contribution is 2.19. The molecule has 0 bridgehead atoms. The summed E-state index contributed by atoms with van der Waals surface area (Å²) in [6, 6.07) is 9.92. The Labute approximate surface area is 114 Å². The van der Waals surface area contributed by atoms with Crippen molar-refractivity contribution in [2.75, 3.05) is 39.3 Å². The highest BCUT2D eigenvalue weighted by molar-refractivity contribution is 5.78. The van der Waals surface area contributed by atoms with E-state index in [0.717, 1.165) is 38.3 Å². The topological polar surface area (TPSA) is 41.6 Å². The molecule has 0 saturated carbocycles. The van der Waals surface area contributed by atoms with Crippen LogP contribution < -0.4 is 5.32 Å². The molecule has 1 saturated heterocycles. The molecule has 1 heterocycles. The Balaban J connectivity index is 2.07. The van der Waals surface area contributed by atoms with E-state index in [1.165, 1.54) is 0 Å². The Morgan fingerprint density at radius 3 is 2.63 bits per heavy atom. The molecule has 0 spiro atoms. The van der Waals surface area contributed by atoms with Crippen molar-refractivity contribution in [1.29, 1.82) is 0 Å². The zero-order chi connectivity index (χ0) is 13.5. The Morgan fingerprint density at radius 2 is 2.00 bits per heavy atom. The zero-order valence-electron chi connectivity index (χ0n) is 11.5. The van der Waals surface area contributed by atoms with Crippen LogP contribution in [-0.4, -0.2) is 50.2 Å². The summed E-state index contributed by atoms with van der Waals surface area (Å²) in [6.07, 6.45) is 0. The van der Waals surface area contributed by atoms with E-state index in [1.54, 1.807) is 0 Å². The number of esters is 1. The third-order valence-electron chi connectivity index (χ3n) is 3.42. The summed E-state index contributed by atoms with van der Waals surface area (Å²) in [7, 11) is 0. The summed E-state index contributed by atoms with van der Waals surface area (Å²) in [5.41, 5.74) is 1.04. The Bertz CT molecular complexity index is 388. The van der Waals surface area contributed by atoms with Crippen LogP contribution in [0.15, 0.2) is 30.3 Å². The van der Waals surface area contributed by atoms with Crippen LogP contribution in [0.3, 0.4) is 0 Å². The third kappa shape index (κ3) is 4.04. The molecule has 1 aliphatic rings. The predicted octanol–water partition coefficient (Wildman–Crippen LogP) is 1.24. The Hall–Kier alpha value is -1.39. The van der Waals surface area contributed by atoms with Gasteiger partial charge in [0, 0.05) is 32.7 Å². The summed E-state index contributed by atoms with van der Waals surface area (Å²) in [5.74, 6) is -0.300. The van der Waals surface area contributed by atoms with Crippen LogP contribution in [0.4, 0.5) is 0 Å². The second-order valence-corrected chi connectivity index (χ2v) is 4.77. The first-order valence-electron chi connectivity index (χ1n) is 6.96. The molecule has 1 aliphatic heterocycles. The molecule has 19 heavy (non-hydrogen) atoms. The van der Waals surface area contributed by atoms with Crippen molar-refractivity contribution < 1.29 is 9.53 Å². The largest absolute Gasteiger partial charge is 0.465 e. The van der Waals surface area contributed by atoms with Gasteiger partial charge in [0.25, 0.3) is 0 Å². The van der Waals surface area contributed by atoms with Crippen LogP contribution >= 0.6 is 0 Å². The molecule has 0 aliphatic carbocycles. The molecule has 1 aromatic carbocycles. The van der Waals surface area contributed by atoms with Gasteiger partial charge in [0.05, 0.1) is 12.5 Å². The van der Waals surface area contributed by atoms with Gasteiger partial charge in [-0.05, 0) is 12.5 Å². The second kappa shape index (κ2) is 7.26. The fourth-order valence-electron chi connectivity index (χ4n) is 2.40. The summed E-state index contributed by atoms with van der Waals surface area (Å²) in [5, 5.41) is 3.32. The van der Waals surface area contributed by atoms with Gasteiger partial charge in [-0.15, -0.1) is 0 Å². The zero-order valence-corrected chi connectivity index (χ0v) is 11.5. The van der Waals surface area contributed by atoms with Gasteiger partial charge >= 0.3 is 5.97 Å². The fraction of sp³-hybridized carbons (Fsp3) is 0.533. The van der Waals surface area contributed by atoms with Crippen molar-refractivity contribution in [2.24, 2.45) is 0 Å². The molecule has 1 aromatic rings. The highest BCUT2D eigenvalue weighted by atomic mass is 16.5. The molecule has 0 amide bonds. The Kier molecular flexibility index (Phi) is 5.36. The molecule has 1 fully saturated rings. The van der Waals surface area contributed by atoms with Gasteiger partial charge in [-0.3, -0.25) is 9.69 Å². The Morgan fingerprint density at radius 1 is 1.32 bits per heavy atom. The fourth-order valence-corrected chi connectivity index (χ4v) is 2.40. The van der Waals surface area contributed by atoms with Crippen LogP contribution in [0.1, 0.15) is 18.4 Å². The lowest BCUT2D eigenvalue weighted by atomic mass is 9.98. The lowest BCUT2D eigenvalue weighted by Gasteiger charge is -2.30. The van der Waals surface area contributed by atoms with Crippen LogP contribution in [0.25, 0.3) is 0 Å². The van der Waals surface area contributed by atoms with Gasteiger partial charge in [-0.1, -0.05) is 30.3 Å². The monoisotopic (exact) mass is 262 g/mol. The number of hydrogen-bond acceptors (Lipinski definition) is 4. The first-order valence-corrected chi connectivity index (χ1v) is 6.96. The van der Waals surface area contributed by atoms with Gasteiger partial charge in [0.15, 0.2) is 0 Å². The van der Waals surface area contributed by atoms with Crippen molar-refractivity contribution in [3.05, 3.63) is 35.9 Å². The SMILES string of the molecule is CCOC(=O)C(CN1CCNCC1)c1ccccc1. The normalized spacial score (nSPS) is 17.9. The van der Waals surface area contributed by atoms with Crippen molar-refractivity contribution in [3.63, 3.8) is 0 Å². The molecule has 0 aromatic heterocycles. The van der Waals surface area contributed by atoms with Gasteiger partial charge in [0.2, 0.25) is 0 Å². The summed E-state index contributed by atoms with van der Waals surface area (Å²) in [4.78, 5) is 14.5. The van der Waals surface area contributed by atoms with Gasteiger partial charge in [0.1, 0.15) is 0 Å². The van der Waals surface area contributed by atoms with Crippen molar-refractivity contribution in [1.82, 2.24) is 10.2 Å². The van der Waals surface area contributed by atoms with Crippen molar-refractivity contribution >= 4 is 5.97 Å². The maximum absolute atomic E-state index is 12.2. The van der Waals surface area contributed by atoms with Crippen LogP contribution in [0.2, 0.25) is 0 Å². The van der Waals surface area contributed by atoms with Crippen LogP contribution in [0.5, 0.6) is 0 Å². The van der Waals surface area contributed by atoms with Gasteiger partial charge < -0.3 is 10.1 Å². The molecule has 2 rings (SSSR count). The average molecular weight is 262 g/mol. The summed E-state index contributed by atoms with van der Waals surface area (Å²) < 4.78 is 5.22. The molecule has 1 unspecified atom stereocenters.